The van der Waals surface area contributed by atoms with Gasteiger partial charge in [-0.1, -0.05) is 31.7 Å². The van der Waals surface area contributed by atoms with E-state index in [-0.39, 0.29) is 0 Å². The van der Waals surface area contributed by atoms with Crippen LogP contribution >= 0.6 is 0 Å². The van der Waals surface area contributed by atoms with Gasteiger partial charge in [0.1, 0.15) is 11.3 Å². The van der Waals surface area contributed by atoms with Gasteiger partial charge in [-0.2, -0.15) is 0 Å². The molecule has 1 aliphatic carbocycles. The molecule has 1 aliphatic rings. The zero-order valence-corrected chi connectivity index (χ0v) is 11.4. The average Bonchev–Trinajstić information content (AvgIpc) is 2.62. The summed E-state index contributed by atoms with van der Waals surface area (Å²) in [6.07, 6.45) is 7.65. The average molecular weight is 259 g/mol. The van der Waals surface area contributed by atoms with Crippen LogP contribution in [-0.4, -0.2) is 16.7 Å². The summed E-state index contributed by atoms with van der Waals surface area (Å²) < 4.78 is 7.59. The molecule has 0 bridgehead atoms. The Morgan fingerprint density at radius 3 is 2.63 bits per heavy atom. The van der Waals surface area contributed by atoms with E-state index in [1.807, 2.05) is 12.1 Å². The molecule has 4 nitrogen and oxygen atoms in total. The number of aromatic nitrogens is 2. The predicted octanol–water partition coefficient (Wildman–Crippen LogP) is 3.52. The normalized spacial score (nSPS) is 17.5. The number of para-hydroxylation sites is 1. The number of benzene rings is 1. The van der Waals surface area contributed by atoms with Gasteiger partial charge in [0.25, 0.3) is 0 Å². The number of nitrogens with zero attached hydrogens (tertiary/aromatic N) is 2. The molecule has 0 radical (unpaired) electrons. The summed E-state index contributed by atoms with van der Waals surface area (Å²) >= 11 is 0. The lowest BCUT2D eigenvalue weighted by Gasteiger charge is -2.18. The molecule has 0 amide bonds. The third-order valence-corrected chi connectivity index (χ3v) is 4.12. The van der Waals surface area contributed by atoms with E-state index in [1.165, 1.54) is 38.5 Å². The number of nitrogens with two attached hydrogens (primary N) is 1. The molecular weight excluding hydrogens is 238 g/mol. The molecular formula is C15H21N3O. The van der Waals surface area contributed by atoms with Crippen LogP contribution < -0.4 is 10.5 Å². The molecule has 1 aromatic carbocycles. The van der Waals surface area contributed by atoms with Crippen LogP contribution in [0.25, 0.3) is 11.0 Å². The van der Waals surface area contributed by atoms with Crippen molar-refractivity contribution >= 4 is 17.0 Å². The lowest BCUT2D eigenvalue weighted by Crippen LogP contribution is -2.11. The van der Waals surface area contributed by atoms with Gasteiger partial charge >= 0.3 is 0 Å². The van der Waals surface area contributed by atoms with E-state index in [4.69, 9.17) is 10.5 Å². The van der Waals surface area contributed by atoms with Crippen molar-refractivity contribution in [3.63, 3.8) is 0 Å². The number of methoxy groups -OCH3 is 1. The molecule has 102 valence electrons. The van der Waals surface area contributed by atoms with Gasteiger partial charge in [0.2, 0.25) is 5.95 Å². The Kier molecular flexibility index (Phi) is 3.32. The quantitative estimate of drug-likeness (QED) is 0.839. The summed E-state index contributed by atoms with van der Waals surface area (Å²) in [6, 6.07) is 6.52. The zero-order chi connectivity index (χ0) is 13.2. The smallest absolute Gasteiger partial charge is 0.201 e. The number of hydrogen-bond acceptors (Lipinski definition) is 3. The highest BCUT2D eigenvalue weighted by atomic mass is 16.5. The van der Waals surface area contributed by atoms with E-state index in [0.717, 1.165) is 16.8 Å². The molecule has 0 atom stereocenters. The Labute approximate surface area is 113 Å². The van der Waals surface area contributed by atoms with Crippen LogP contribution in [0.5, 0.6) is 5.75 Å². The van der Waals surface area contributed by atoms with Crippen LogP contribution in [0.3, 0.4) is 0 Å². The Morgan fingerprint density at radius 1 is 1.21 bits per heavy atom. The molecule has 0 aliphatic heterocycles. The van der Waals surface area contributed by atoms with E-state index in [0.29, 0.717) is 12.0 Å². The van der Waals surface area contributed by atoms with Crippen LogP contribution in [0.2, 0.25) is 0 Å². The highest BCUT2D eigenvalue weighted by molar-refractivity contribution is 5.84. The van der Waals surface area contributed by atoms with Gasteiger partial charge in [0.15, 0.2) is 0 Å². The Hall–Kier alpha value is -1.71. The molecule has 3 rings (SSSR count). The van der Waals surface area contributed by atoms with Crippen molar-refractivity contribution in [2.24, 2.45) is 0 Å². The highest BCUT2D eigenvalue weighted by Gasteiger charge is 2.20. The number of fused-ring (bicyclic) bond motifs is 1. The molecule has 19 heavy (non-hydrogen) atoms. The first-order valence-corrected chi connectivity index (χ1v) is 7.11. The number of nitrogen functional groups attached to an aromatic ring is 1. The van der Waals surface area contributed by atoms with Gasteiger partial charge in [-0.15, -0.1) is 0 Å². The Morgan fingerprint density at radius 2 is 1.95 bits per heavy atom. The molecule has 0 unspecified atom stereocenters. The van der Waals surface area contributed by atoms with Crippen LogP contribution in [0, 0.1) is 0 Å². The van der Waals surface area contributed by atoms with E-state index < -0.39 is 0 Å². The first-order valence-electron chi connectivity index (χ1n) is 7.11. The van der Waals surface area contributed by atoms with E-state index in [9.17, 15) is 0 Å². The monoisotopic (exact) mass is 259 g/mol. The summed E-state index contributed by atoms with van der Waals surface area (Å²) in [5, 5.41) is 0. The fraction of sp³-hybridized carbons (Fsp3) is 0.533. The molecule has 1 aromatic heterocycles. The fourth-order valence-corrected chi connectivity index (χ4v) is 3.17. The second-order valence-corrected chi connectivity index (χ2v) is 5.31. The van der Waals surface area contributed by atoms with E-state index >= 15 is 0 Å². The number of imidazole rings is 1. The number of hydrogen-bond donors (Lipinski definition) is 1. The maximum atomic E-state index is 6.16. The van der Waals surface area contributed by atoms with Crippen molar-refractivity contribution in [3.05, 3.63) is 18.2 Å². The second-order valence-electron chi connectivity index (χ2n) is 5.31. The molecule has 1 heterocycles. The lowest BCUT2D eigenvalue weighted by molar-refractivity contribution is 0.419. The van der Waals surface area contributed by atoms with Crippen molar-refractivity contribution in [2.75, 3.05) is 12.8 Å². The number of anilines is 1. The predicted molar refractivity (Wildman–Crippen MR) is 77.4 cm³/mol. The SMILES string of the molecule is COc1cccc2c1nc(N)n2C1CCCCCC1. The summed E-state index contributed by atoms with van der Waals surface area (Å²) in [7, 11) is 1.68. The zero-order valence-electron chi connectivity index (χ0n) is 11.4. The largest absolute Gasteiger partial charge is 0.494 e. The van der Waals surface area contributed by atoms with Crippen LogP contribution in [0.4, 0.5) is 5.95 Å². The Balaban J connectivity index is 2.09. The van der Waals surface area contributed by atoms with Gasteiger partial charge in [0.05, 0.1) is 12.6 Å². The molecule has 2 aromatic rings. The maximum Gasteiger partial charge on any atom is 0.201 e. The first-order chi connectivity index (χ1) is 9.31. The molecule has 1 fully saturated rings. The van der Waals surface area contributed by atoms with E-state index in [1.54, 1.807) is 7.11 Å². The summed E-state index contributed by atoms with van der Waals surface area (Å²) in [5.74, 6) is 1.42. The maximum absolute atomic E-state index is 6.16. The van der Waals surface area contributed by atoms with Crippen molar-refractivity contribution in [1.29, 1.82) is 0 Å². The van der Waals surface area contributed by atoms with Crippen LogP contribution in [0.1, 0.15) is 44.6 Å². The van der Waals surface area contributed by atoms with Crippen LogP contribution in [-0.2, 0) is 0 Å². The lowest BCUT2D eigenvalue weighted by atomic mass is 10.1. The minimum Gasteiger partial charge on any atom is -0.494 e. The van der Waals surface area contributed by atoms with Gasteiger partial charge in [-0.05, 0) is 25.0 Å². The van der Waals surface area contributed by atoms with Crippen molar-refractivity contribution < 1.29 is 4.74 Å². The molecule has 2 N–H and O–H groups in total. The minimum atomic E-state index is 0.486. The highest BCUT2D eigenvalue weighted by Crippen LogP contribution is 2.34. The van der Waals surface area contributed by atoms with Gasteiger partial charge in [-0.3, -0.25) is 0 Å². The topological polar surface area (TPSA) is 53.1 Å². The number of ether oxygens (including phenoxy) is 1. The molecule has 1 saturated carbocycles. The second kappa shape index (κ2) is 5.11. The third kappa shape index (κ3) is 2.15. The van der Waals surface area contributed by atoms with E-state index in [2.05, 4.69) is 15.6 Å². The summed E-state index contributed by atoms with van der Waals surface area (Å²) in [4.78, 5) is 4.51. The van der Waals surface area contributed by atoms with Crippen LogP contribution in [0.15, 0.2) is 18.2 Å². The van der Waals surface area contributed by atoms with Gasteiger partial charge < -0.3 is 15.0 Å². The van der Waals surface area contributed by atoms with Gasteiger partial charge in [0, 0.05) is 6.04 Å². The minimum absolute atomic E-state index is 0.486. The molecule has 0 spiro atoms. The first kappa shape index (κ1) is 12.3. The van der Waals surface area contributed by atoms with Gasteiger partial charge in [-0.25, -0.2) is 4.98 Å². The Bertz CT molecular complexity index is 568. The fourth-order valence-electron chi connectivity index (χ4n) is 3.17. The third-order valence-electron chi connectivity index (χ3n) is 4.12. The summed E-state index contributed by atoms with van der Waals surface area (Å²) in [6.45, 7) is 0. The van der Waals surface area contributed by atoms with Crippen molar-refractivity contribution in [1.82, 2.24) is 9.55 Å². The molecule has 4 heteroatoms. The number of rotatable bonds is 2. The van der Waals surface area contributed by atoms with Crippen molar-refractivity contribution in [3.8, 4) is 5.75 Å². The van der Waals surface area contributed by atoms with Crippen molar-refractivity contribution in [2.45, 2.75) is 44.6 Å². The molecule has 0 saturated heterocycles. The standard InChI is InChI=1S/C15H21N3O/c1-19-13-10-6-9-12-14(13)17-15(16)18(12)11-7-4-2-3-5-8-11/h6,9-11H,2-5,7-8H2,1H3,(H2,16,17). The summed E-state index contributed by atoms with van der Waals surface area (Å²) in [5.41, 5.74) is 8.14.